The number of carbonyl (C=O) groups excluding carboxylic acids is 1. The summed E-state index contributed by atoms with van der Waals surface area (Å²) < 4.78 is 6.39. The summed E-state index contributed by atoms with van der Waals surface area (Å²) in [5, 5.41) is 30.6. The van der Waals surface area contributed by atoms with Gasteiger partial charge in [0.25, 0.3) is 0 Å². The number of amides is 1. The molecule has 11 nitrogen and oxygen atoms in total. The van der Waals surface area contributed by atoms with E-state index >= 15 is 0 Å². The number of pyridine rings is 1. The number of anilines is 1. The van der Waals surface area contributed by atoms with E-state index in [1.165, 1.54) is 13.3 Å². The topological polar surface area (TPSA) is 146 Å². The van der Waals surface area contributed by atoms with Gasteiger partial charge in [0.1, 0.15) is 11.8 Å². The molecule has 4 heterocycles. The van der Waals surface area contributed by atoms with Gasteiger partial charge in [-0.05, 0) is 43.0 Å². The Bertz CT molecular complexity index is 1330. The Hall–Kier alpha value is -4.46. The molecular formula is C22H21N9O2. The number of hydrogen-bond donors (Lipinski definition) is 3. The third-order valence-electron chi connectivity index (χ3n) is 5.80. The zero-order chi connectivity index (χ0) is 22.8. The van der Waals surface area contributed by atoms with Gasteiger partial charge in [0.05, 0.1) is 42.0 Å². The molecule has 0 radical (unpaired) electrons. The number of alkyl carbamates (subject to hydrolysis) is 1. The van der Waals surface area contributed by atoms with Crippen LogP contribution in [0.2, 0.25) is 0 Å². The Morgan fingerprint density at radius 1 is 1.30 bits per heavy atom. The minimum absolute atomic E-state index is 0.260. The molecule has 0 aliphatic heterocycles. The van der Waals surface area contributed by atoms with E-state index in [1.54, 1.807) is 23.0 Å². The van der Waals surface area contributed by atoms with E-state index in [-0.39, 0.29) is 6.04 Å². The van der Waals surface area contributed by atoms with Gasteiger partial charge in [-0.3, -0.25) is 10.1 Å². The van der Waals surface area contributed by atoms with Crippen LogP contribution in [0, 0.1) is 17.2 Å². The minimum Gasteiger partial charge on any atom is -0.453 e. The minimum atomic E-state index is -0.409. The lowest BCUT2D eigenvalue weighted by Crippen LogP contribution is -2.42. The van der Waals surface area contributed by atoms with Crippen LogP contribution in [0.5, 0.6) is 0 Å². The first-order valence-corrected chi connectivity index (χ1v) is 10.5. The van der Waals surface area contributed by atoms with Gasteiger partial charge >= 0.3 is 6.09 Å². The predicted molar refractivity (Wildman–Crippen MR) is 119 cm³/mol. The fourth-order valence-electron chi connectivity index (χ4n) is 4.05. The fourth-order valence-corrected chi connectivity index (χ4v) is 4.05. The smallest absolute Gasteiger partial charge is 0.406 e. The Morgan fingerprint density at radius 2 is 2.18 bits per heavy atom. The van der Waals surface area contributed by atoms with E-state index in [2.05, 4.69) is 46.9 Å². The maximum absolute atomic E-state index is 11.3. The van der Waals surface area contributed by atoms with Crippen LogP contribution < -0.4 is 10.6 Å². The highest BCUT2D eigenvalue weighted by Gasteiger charge is 2.30. The summed E-state index contributed by atoms with van der Waals surface area (Å²) in [6.07, 6.45) is 6.47. The number of H-pyrrole nitrogens is 1. The zero-order valence-electron chi connectivity index (χ0n) is 17.8. The van der Waals surface area contributed by atoms with Crippen LogP contribution >= 0.6 is 0 Å². The number of ether oxygens (including phenoxy) is 1. The zero-order valence-corrected chi connectivity index (χ0v) is 17.8. The lowest BCUT2D eigenvalue weighted by atomic mass is 9.80. The molecule has 0 atom stereocenters. The maximum Gasteiger partial charge on any atom is 0.406 e. The Balaban J connectivity index is 1.40. The predicted octanol–water partition coefficient (Wildman–Crippen LogP) is 2.60. The molecule has 0 bridgehead atoms. The van der Waals surface area contributed by atoms with E-state index in [9.17, 15) is 4.79 Å². The average Bonchev–Trinajstić information content (AvgIpc) is 3.49. The summed E-state index contributed by atoms with van der Waals surface area (Å²) in [6.45, 7) is 0.592. The van der Waals surface area contributed by atoms with Crippen molar-refractivity contribution in [1.29, 1.82) is 5.26 Å². The van der Waals surface area contributed by atoms with Crippen molar-refractivity contribution >= 4 is 17.3 Å². The number of fused-ring (bicyclic) bond motifs is 1. The van der Waals surface area contributed by atoms with Crippen LogP contribution in [0.1, 0.15) is 18.4 Å². The van der Waals surface area contributed by atoms with Crippen LogP contribution in [-0.2, 0) is 4.74 Å². The second kappa shape index (κ2) is 8.58. The molecule has 1 fully saturated rings. The number of nitrogens with zero attached hydrogens (tertiary/aromatic N) is 6. The Morgan fingerprint density at radius 3 is 2.94 bits per heavy atom. The van der Waals surface area contributed by atoms with E-state index in [0.29, 0.717) is 23.7 Å². The lowest BCUT2D eigenvalue weighted by Gasteiger charge is -2.36. The first-order chi connectivity index (χ1) is 16.1. The molecule has 4 aromatic rings. The standard InChI is InChI=1S/C22H21N9O2/c1-33-22(32)25-9-13-4-15(5-13)28-18-7-19(24-11-17(18)20-12-26-30-29-20)21-3-2-16-6-14(8-23)10-27-31(16)21/h2-3,6-7,10-13,15H,4-5,9H2,1H3,(H,24,28)(H,25,32)(H,26,29,30). The molecule has 0 unspecified atom stereocenters. The Labute approximate surface area is 188 Å². The van der Waals surface area contributed by atoms with Crippen LogP contribution in [0.3, 0.4) is 0 Å². The first-order valence-electron chi connectivity index (χ1n) is 10.5. The molecule has 11 heteroatoms. The van der Waals surface area contributed by atoms with Crippen molar-refractivity contribution in [3.05, 3.63) is 48.4 Å². The van der Waals surface area contributed by atoms with Crippen molar-refractivity contribution in [3.63, 3.8) is 0 Å². The monoisotopic (exact) mass is 443 g/mol. The average molecular weight is 443 g/mol. The van der Waals surface area contributed by atoms with Crippen LogP contribution in [-0.4, -0.2) is 55.8 Å². The molecule has 0 spiro atoms. The molecule has 4 aromatic heterocycles. The molecule has 1 amide bonds. The molecule has 3 N–H and O–H groups in total. The normalized spacial score (nSPS) is 17.2. The summed E-state index contributed by atoms with van der Waals surface area (Å²) in [6, 6.07) is 9.98. The van der Waals surface area contributed by atoms with Crippen molar-refractivity contribution in [2.75, 3.05) is 19.0 Å². The number of aromatic amines is 1. The summed E-state index contributed by atoms with van der Waals surface area (Å²) >= 11 is 0. The van der Waals surface area contributed by atoms with E-state index in [0.717, 1.165) is 41.0 Å². The number of hydrogen-bond acceptors (Lipinski definition) is 8. The number of rotatable bonds is 6. The van der Waals surface area contributed by atoms with E-state index in [4.69, 9.17) is 5.26 Å². The Kier molecular flexibility index (Phi) is 5.32. The molecule has 0 saturated heterocycles. The molecule has 0 aromatic carbocycles. The molecule has 1 aliphatic carbocycles. The number of methoxy groups -OCH3 is 1. The van der Waals surface area contributed by atoms with Gasteiger partial charge < -0.3 is 15.4 Å². The molecular weight excluding hydrogens is 422 g/mol. The largest absolute Gasteiger partial charge is 0.453 e. The summed E-state index contributed by atoms with van der Waals surface area (Å²) in [5.41, 5.74) is 5.30. The van der Waals surface area contributed by atoms with Crippen LogP contribution in [0.25, 0.3) is 28.2 Å². The molecule has 1 saturated carbocycles. The van der Waals surface area contributed by atoms with Gasteiger partial charge in [-0.2, -0.15) is 10.4 Å². The number of carbonyl (C=O) groups is 1. The fraction of sp³-hybridized carbons (Fsp3) is 0.273. The number of aromatic nitrogens is 6. The van der Waals surface area contributed by atoms with Crippen molar-refractivity contribution in [1.82, 2.24) is 35.3 Å². The van der Waals surface area contributed by atoms with Gasteiger partial charge in [0.2, 0.25) is 0 Å². The second-order valence-electron chi connectivity index (χ2n) is 7.94. The van der Waals surface area contributed by atoms with E-state index in [1.807, 2.05) is 18.2 Å². The van der Waals surface area contributed by atoms with Crippen LogP contribution in [0.15, 0.2) is 42.9 Å². The molecule has 5 rings (SSSR count). The van der Waals surface area contributed by atoms with Gasteiger partial charge in [-0.1, -0.05) is 5.21 Å². The van der Waals surface area contributed by atoms with Gasteiger partial charge in [0.15, 0.2) is 0 Å². The van der Waals surface area contributed by atoms with Gasteiger partial charge in [0, 0.05) is 30.0 Å². The summed E-state index contributed by atoms with van der Waals surface area (Å²) in [7, 11) is 1.36. The van der Waals surface area contributed by atoms with Crippen molar-refractivity contribution in [2.24, 2.45) is 5.92 Å². The van der Waals surface area contributed by atoms with Crippen molar-refractivity contribution in [3.8, 4) is 28.7 Å². The van der Waals surface area contributed by atoms with Crippen molar-refractivity contribution in [2.45, 2.75) is 18.9 Å². The third-order valence-corrected chi connectivity index (χ3v) is 5.80. The summed E-state index contributed by atoms with van der Waals surface area (Å²) in [4.78, 5) is 15.9. The maximum atomic E-state index is 11.3. The molecule has 33 heavy (non-hydrogen) atoms. The second-order valence-corrected chi connectivity index (χ2v) is 7.94. The van der Waals surface area contributed by atoms with Crippen LogP contribution in [0.4, 0.5) is 10.5 Å². The highest BCUT2D eigenvalue weighted by atomic mass is 16.5. The third kappa shape index (κ3) is 4.06. The quantitative estimate of drug-likeness (QED) is 0.412. The number of nitriles is 1. The highest BCUT2D eigenvalue weighted by Crippen LogP contribution is 2.35. The summed E-state index contributed by atoms with van der Waals surface area (Å²) in [5.74, 6) is 0.395. The number of nitrogens with one attached hydrogen (secondary N) is 3. The molecule has 166 valence electrons. The highest BCUT2D eigenvalue weighted by molar-refractivity contribution is 5.79. The molecule has 1 aliphatic rings. The first kappa shape index (κ1) is 20.4. The van der Waals surface area contributed by atoms with Gasteiger partial charge in [-0.15, -0.1) is 5.10 Å². The van der Waals surface area contributed by atoms with E-state index < -0.39 is 6.09 Å². The lowest BCUT2D eigenvalue weighted by molar-refractivity contribution is 0.164. The van der Waals surface area contributed by atoms with Crippen molar-refractivity contribution < 1.29 is 9.53 Å². The SMILES string of the molecule is COC(=O)NCC1CC(Nc2cc(-c3ccc4cc(C#N)cnn34)ncc2-c2c[nH]nn2)C1. The van der Waals surface area contributed by atoms with Gasteiger partial charge in [-0.25, -0.2) is 9.31 Å².